The highest BCUT2D eigenvalue weighted by Gasteiger charge is 2.14. The molecule has 30 heavy (non-hydrogen) atoms. The van der Waals surface area contributed by atoms with E-state index in [1.807, 2.05) is 19.1 Å². The maximum Gasteiger partial charge on any atom is 0.257 e. The van der Waals surface area contributed by atoms with Crippen LogP contribution in [0.3, 0.4) is 0 Å². The summed E-state index contributed by atoms with van der Waals surface area (Å²) >= 11 is 5.29. The number of quaternary nitrogens is 1. The third-order valence-electron chi connectivity index (χ3n) is 5.12. The number of morpholine rings is 1. The van der Waals surface area contributed by atoms with Gasteiger partial charge in [-0.2, -0.15) is 0 Å². The fourth-order valence-corrected chi connectivity index (χ4v) is 3.38. The minimum Gasteiger partial charge on any atom is -0.491 e. The second-order valence-corrected chi connectivity index (χ2v) is 7.91. The van der Waals surface area contributed by atoms with E-state index in [0.29, 0.717) is 5.56 Å². The molecule has 160 valence electrons. The van der Waals surface area contributed by atoms with Crippen LogP contribution < -0.4 is 20.3 Å². The summed E-state index contributed by atoms with van der Waals surface area (Å²) in [6.45, 7) is 8.82. The van der Waals surface area contributed by atoms with Crippen LogP contribution in [0, 0.1) is 0 Å². The number of nitrogens with one attached hydrogen (secondary N) is 3. The van der Waals surface area contributed by atoms with Crippen LogP contribution in [0.1, 0.15) is 36.2 Å². The van der Waals surface area contributed by atoms with E-state index in [-0.39, 0.29) is 17.1 Å². The highest BCUT2D eigenvalue weighted by molar-refractivity contribution is 7.80. The Morgan fingerprint density at radius 2 is 1.80 bits per heavy atom. The van der Waals surface area contributed by atoms with Crippen molar-refractivity contribution in [1.29, 1.82) is 0 Å². The van der Waals surface area contributed by atoms with Crippen LogP contribution in [0.5, 0.6) is 5.75 Å². The molecule has 3 rings (SSSR count). The molecule has 7 heteroatoms. The van der Waals surface area contributed by atoms with Crippen LogP contribution in [-0.4, -0.2) is 43.4 Å². The molecule has 0 radical (unpaired) electrons. The quantitative estimate of drug-likeness (QED) is 0.591. The molecule has 3 N–H and O–H groups in total. The number of carbonyl (C=O) groups is 1. The summed E-state index contributed by atoms with van der Waals surface area (Å²) in [7, 11) is 0. The number of hydrogen-bond acceptors (Lipinski definition) is 4. The molecular weight excluding hydrogens is 398 g/mol. The number of anilines is 1. The Morgan fingerprint density at radius 3 is 2.43 bits per heavy atom. The molecule has 2 aromatic rings. The summed E-state index contributed by atoms with van der Waals surface area (Å²) < 4.78 is 11.1. The fourth-order valence-electron chi connectivity index (χ4n) is 3.17. The van der Waals surface area contributed by atoms with E-state index < -0.39 is 0 Å². The Morgan fingerprint density at radius 1 is 1.13 bits per heavy atom. The predicted molar refractivity (Wildman–Crippen MR) is 122 cm³/mol. The van der Waals surface area contributed by atoms with Crippen LogP contribution in [0.25, 0.3) is 0 Å². The summed E-state index contributed by atoms with van der Waals surface area (Å²) in [5.41, 5.74) is 2.64. The molecule has 0 saturated carbocycles. The van der Waals surface area contributed by atoms with Gasteiger partial charge in [0.25, 0.3) is 5.91 Å². The lowest BCUT2D eigenvalue weighted by Crippen LogP contribution is -3.12. The van der Waals surface area contributed by atoms with Crippen molar-refractivity contribution in [2.24, 2.45) is 0 Å². The Hall–Kier alpha value is -2.48. The van der Waals surface area contributed by atoms with Crippen molar-refractivity contribution < 1.29 is 19.2 Å². The first-order valence-corrected chi connectivity index (χ1v) is 10.8. The smallest absolute Gasteiger partial charge is 0.257 e. The molecule has 0 unspecified atom stereocenters. The second-order valence-electron chi connectivity index (χ2n) is 7.51. The number of ether oxygens (including phenoxy) is 2. The molecule has 1 saturated heterocycles. The largest absolute Gasteiger partial charge is 0.491 e. The number of rotatable bonds is 7. The zero-order valence-corrected chi connectivity index (χ0v) is 18.4. The molecule has 0 aliphatic carbocycles. The number of carbonyl (C=O) groups excluding carboxylic acids is 1. The number of thiocarbonyl (C=S) groups is 1. The van der Waals surface area contributed by atoms with Crippen LogP contribution in [0.15, 0.2) is 48.5 Å². The summed E-state index contributed by atoms with van der Waals surface area (Å²) in [5, 5.41) is 6.06. The molecule has 1 heterocycles. The van der Waals surface area contributed by atoms with Gasteiger partial charge >= 0.3 is 0 Å². The predicted octanol–water partition coefficient (Wildman–Crippen LogP) is 2.41. The minimum absolute atomic E-state index is 0.142. The number of benzene rings is 2. The van der Waals surface area contributed by atoms with Crippen LogP contribution in [0.4, 0.5) is 5.69 Å². The van der Waals surface area contributed by atoms with E-state index in [0.717, 1.165) is 50.7 Å². The van der Waals surface area contributed by atoms with Gasteiger partial charge in [0.1, 0.15) is 25.4 Å². The molecule has 1 atom stereocenters. The minimum atomic E-state index is -0.255. The van der Waals surface area contributed by atoms with E-state index in [9.17, 15) is 4.79 Å². The average Bonchev–Trinajstić information content (AvgIpc) is 2.76. The van der Waals surface area contributed by atoms with Gasteiger partial charge in [-0.1, -0.05) is 19.1 Å². The summed E-state index contributed by atoms with van der Waals surface area (Å²) in [5.74, 6) is 0.496. The van der Waals surface area contributed by atoms with Crippen LogP contribution in [-0.2, 0) is 11.3 Å². The highest BCUT2D eigenvalue weighted by Crippen LogP contribution is 2.15. The monoisotopic (exact) mass is 428 g/mol. The Labute approximate surface area is 183 Å². The SMILES string of the molecule is CC[C@@H](C)Oc1ccc(C(=O)NC(=S)Nc2ccc(C[NH+]3CCOCC3)cc2)cc1. The van der Waals surface area contributed by atoms with E-state index in [2.05, 4.69) is 29.7 Å². The number of amides is 1. The van der Waals surface area contributed by atoms with E-state index >= 15 is 0 Å². The van der Waals surface area contributed by atoms with Crippen molar-refractivity contribution in [3.05, 3.63) is 59.7 Å². The normalized spacial score (nSPS) is 15.3. The first kappa shape index (κ1) is 22.2. The summed E-state index contributed by atoms with van der Waals surface area (Å²) in [4.78, 5) is 14.0. The maximum absolute atomic E-state index is 12.4. The molecule has 6 nitrogen and oxygen atoms in total. The summed E-state index contributed by atoms with van der Waals surface area (Å²) in [6, 6.07) is 15.2. The van der Waals surface area contributed by atoms with Gasteiger partial charge in [-0.3, -0.25) is 10.1 Å². The lowest BCUT2D eigenvalue weighted by atomic mass is 10.2. The molecular formula is C23H30N3O3S+. The maximum atomic E-state index is 12.4. The molecule has 2 aromatic carbocycles. The van der Waals surface area contributed by atoms with E-state index in [1.165, 1.54) is 10.5 Å². The molecule has 0 aromatic heterocycles. The van der Waals surface area contributed by atoms with Gasteiger partial charge in [-0.15, -0.1) is 0 Å². The molecule has 0 spiro atoms. The van der Waals surface area contributed by atoms with Gasteiger partial charge in [-0.25, -0.2) is 0 Å². The molecule has 1 amide bonds. The van der Waals surface area contributed by atoms with Crippen molar-refractivity contribution in [3.8, 4) is 5.75 Å². The van der Waals surface area contributed by atoms with Crippen molar-refractivity contribution in [2.75, 3.05) is 31.6 Å². The van der Waals surface area contributed by atoms with Crippen molar-refractivity contribution in [2.45, 2.75) is 32.9 Å². The standard InChI is InChI=1S/C23H29N3O3S/c1-3-17(2)29-21-10-6-19(7-11-21)22(27)25-23(30)24-20-8-4-18(5-9-20)16-26-12-14-28-15-13-26/h4-11,17H,3,12-16H2,1-2H3,(H2,24,25,27,30)/p+1/t17-/m1/s1. The zero-order chi connectivity index (χ0) is 21.3. The Balaban J connectivity index is 1.48. The summed E-state index contributed by atoms with van der Waals surface area (Å²) in [6.07, 6.45) is 1.07. The van der Waals surface area contributed by atoms with Gasteiger partial charge in [0.15, 0.2) is 5.11 Å². The fraction of sp³-hybridized carbons (Fsp3) is 0.391. The van der Waals surface area contributed by atoms with Gasteiger partial charge in [0, 0.05) is 16.8 Å². The molecule has 1 aliphatic heterocycles. The van der Waals surface area contributed by atoms with Crippen molar-refractivity contribution in [3.63, 3.8) is 0 Å². The zero-order valence-electron chi connectivity index (χ0n) is 17.6. The first-order chi connectivity index (χ1) is 14.5. The molecule has 0 bridgehead atoms. The van der Waals surface area contributed by atoms with E-state index in [4.69, 9.17) is 21.7 Å². The van der Waals surface area contributed by atoms with Gasteiger partial charge in [0.05, 0.1) is 19.3 Å². The Bertz CT molecular complexity index is 834. The van der Waals surface area contributed by atoms with Crippen molar-refractivity contribution >= 4 is 28.9 Å². The lowest BCUT2D eigenvalue weighted by Gasteiger charge is -2.23. The third-order valence-corrected chi connectivity index (χ3v) is 5.33. The van der Waals surface area contributed by atoms with Crippen molar-refractivity contribution in [1.82, 2.24) is 5.32 Å². The van der Waals surface area contributed by atoms with Gasteiger partial charge < -0.3 is 19.7 Å². The number of hydrogen-bond donors (Lipinski definition) is 3. The first-order valence-electron chi connectivity index (χ1n) is 10.4. The topological polar surface area (TPSA) is 64.0 Å². The van der Waals surface area contributed by atoms with Crippen LogP contribution >= 0.6 is 12.2 Å². The third kappa shape index (κ3) is 6.79. The molecule has 1 fully saturated rings. The average molecular weight is 429 g/mol. The van der Waals surface area contributed by atoms with Crippen LogP contribution in [0.2, 0.25) is 0 Å². The molecule has 1 aliphatic rings. The highest BCUT2D eigenvalue weighted by atomic mass is 32.1. The lowest BCUT2D eigenvalue weighted by molar-refractivity contribution is -0.921. The van der Waals surface area contributed by atoms with Gasteiger partial charge in [0.2, 0.25) is 0 Å². The Kier molecular flexibility index (Phi) is 8.19. The van der Waals surface area contributed by atoms with Gasteiger partial charge in [-0.05, 0) is 62.0 Å². The van der Waals surface area contributed by atoms with E-state index in [1.54, 1.807) is 24.3 Å². The second kappa shape index (κ2) is 11.1.